The minimum atomic E-state index is -0.788. The summed E-state index contributed by atoms with van der Waals surface area (Å²) in [5.74, 6) is -1.07. The maximum atomic E-state index is 13.5. The zero-order chi connectivity index (χ0) is 22.4. The molecule has 11 heteroatoms. The van der Waals surface area contributed by atoms with Crippen molar-refractivity contribution in [3.8, 4) is 0 Å². The summed E-state index contributed by atoms with van der Waals surface area (Å²) in [6, 6.07) is 3.86. The van der Waals surface area contributed by atoms with Gasteiger partial charge in [-0.2, -0.15) is 4.39 Å². The number of carbonyl (C=O) groups excluding carboxylic acids is 1. The molecule has 4 rings (SSSR count). The lowest BCUT2D eigenvalue weighted by atomic mass is 10.1. The quantitative estimate of drug-likeness (QED) is 0.655. The molecule has 4 N–H and O–H groups in total. The number of hydrogen-bond donors (Lipinski definition) is 3. The van der Waals surface area contributed by atoms with Crippen molar-refractivity contribution in [3.05, 3.63) is 41.2 Å². The lowest BCUT2D eigenvalue weighted by molar-refractivity contribution is -0.123. The van der Waals surface area contributed by atoms with Gasteiger partial charge in [-0.3, -0.25) is 4.79 Å². The molecule has 2 aliphatic heterocycles. The number of rotatable bonds is 3. The number of anilines is 3. The molecule has 1 aromatic carbocycles. The van der Waals surface area contributed by atoms with Gasteiger partial charge in [0.1, 0.15) is 24.4 Å². The van der Waals surface area contributed by atoms with Crippen LogP contribution < -0.4 is 21.3 Å². The third-order valence-electron chi connectivity index (χ3n) is 5.01. The largest absolute Gasteiger partial charge is 0.381 e. The molecule has 2 fully saturated rings. The van der Waals surface area contributed by atoms with Crippen molar-refractivity contribution in [2.45, 2.75) is 37.9 Å². The molecule has 1 unspecified atom stereocenters. The van der Waals surface area contributed by atoms with Gasteiger partial charge in [-0.25, -0.2) is 18.7 Å². The van der Waals surface area contributed by atoms with Crippen molar-refractivity contribution in [3.63, 3.8) is 0 Å². The Morgan fingerprint density at radius 3 is 2.58 bits per heavy atom. The van der Waals surface area contributed by atoms with Gasteiger partial charge in [0.05, 0.1) is 0 Å². The second-order valence-corrected chi connectivity index (χ2v) is 7.78. The number of piperidine rings is 2. The highest BCUT2D eigenvalue weighted by molar-refractivity contribution is 6.30. The van der Waals surface area contributed by atoms with Crippen molar-refractivity contribution in [1.82, 2.24) is 15.3 Å². The summed E-state index contributed by atoms with van der Waals surface area (Å²) in [5.41, 5.74) is 5.86. The predicted molar refractivity (Wildman–Crippen MR) is 114 cm³/mol. The van der Waals surface area contributed by atoms with Crippen LogP contribution in [0.3, 0.4) is 0 Å². The molecular weight excluding hydrogens is 433 g/mol. The van der Waals surface area contributed by atoms with E-state index in [0.29, 0.717) is 43.2 Å². The highest BCUT2D eigenvalue weighted by Crippen LogP contribution is 2.24. The second kappa shape index (κ2) is 10.5. The Hall–Kier alpha value is -2.75. The van der Waals surface area contributed by atoms with Gasteiger partial charge in [-0.1, -0.05) is 11.6 Å². The number of alkyl halides is 1. The van der Waals surface area contributed by atoms with Crippen LogP contribution in [0.15, 0.2) is 24.5 Å². The van der Waals surface area contributed by atoms with Crippen LogP contribution in [-0.2, 0) is 4.79 Å². The fourth-order valence-corrected chi connectivity index (χ4v) is 3.62. The standard InChI is InChI=1S/C11H12ClFN2O.C9H12F2N4/c12-7-4-8(13)6-9(5-7)15-10-2-1-3-14-11(10)16;10-6-1-3-15(4-2-6)9-7(11)8(12)13-5-14-9/h4-6,10,15H,1-3H2,(H,14,16);5-6H,1-4H2,(H2,12,13,14). The number of nitrogens with zero attached hydrogens (tertiary/aromatic N) is 3. The third kappa shape index (κ3) is 6.36. The van der Waals surface area contributed by atoms with Crippen molar-refractivity contribution >= 4 is 34.8 Å². The summed E-state index contributed by atoms with van der Waals surface area (Å²) in [5, 5.41) is 6.05. The molecule has 1 amide bonds. The SMILES string of the molecule is Nc1ncnc(N2CCC(F)CC2)c1F.O=C1NCCCC1Nc1cc(F)cc(Cl)c1. The molecule has 0 bridgehead atoms. The molecule has 0 radical (unpaired) electrons. The van der Waals surface area contributed by atoms with E-state index in [4.69, 9.17) is 17.3 Å². The molecule has 2 aromatic rings. The van der Waals surface area contributed by atoms with Crippen molar-refractivity contribution in [2.24, 2.45) is 0 Å². The van der Waals surface area contributed by atoms with Crippen LogP contribution >= 0.6 is 11.6 Å². The van der Waals surface area contributed by atoms with E-state index in [0.717, 1.165) is 12.8 Å². The first kappa shape index (κ1) is 22.9. The van der Waals surface area contributed by atoms with Crippen molar-refractivity contribution in [2.75, 3.05) is 35.6 Å². The maximum Gasteiger partial charge on any atom is 0.242 e. The van der Waals surface area contributed by atoms with E-state index in [2.05, 4.69) is 20.6 Å². The van der Waals surface area contributed by atoms with Crippen molar-refractivity contribution < 1.29 is 18.0 Å². The topological polar surface area (TPSA) is 96.2 Å². The van der Waals surface area contributed by atoms with Gasteiger partial charge in [0.15, 0.2) is 11.6 Å². The molecule has 1 aromatic heterocycles. The van der Waals surface area contributed by atoms with Crippen LogP contribution in [0.4, 0.5) is 30.5 Å². The number of aromatic nitrogens is 2. The van der Waals surface area contributed by atoms with E-state index in [1.165, 1.54) is 18.5 Å². The zero-order valence-corrected chi connectivity index (χ0v) is 17.5. The molecule has 0 aliphatic carbocycles. The smallest absolute Gasteiger partial charge is 0.242 e. The Kier molecular flexibility index (Phi) is 7.78. The Morgan fingerprint density at radius 2 is 1.90 bits per heavy atom. The molecule has 0 spiro atoms. The summed E-state index contributed by atoms with van der Waals surface area (Å²) in [6.07, 6.45) is 2.91. The minimum absolute atomic E-state index is 0.0494. The molecule has 7 nitrogen and oxygen atoms in total. The van der Waals surface area contributed by atoms with Crippen LogP contribution in [0.25, 0.3) is 0 Å². The highest BCUT2D eigenvalue weighted by atomic mass is 35.5. The number of nitrogens with one attached hydrogen (secondary N) is 2. The van der Waals surface area contributed by atoms with Gasteiger partial charge in [0.2, 0.25) is 11.7 Å². The fraction of sp³-hybridized carbons (Fsp3) is 0.450. The van der Waals surface area contributed by atoms with Crippen LogP contribution in [-0.4, -0.2) is 47.7 Å². The molecule has 3 heterocycles. The number of nitrogen functional groups attached to an aromatic ring is 1. The maximum absolute atomic E-state index is 13.5. The number of halogens is 4. The van der Waals surface area contributed by atoms with E-state index in [1.54, 1.807) is 11.0 Å². The number of amides is 1. The Bertz CT molecular complexity index is 890. The monoisotopic (exact) mass is 456 g/mol. The Balaban J connectivity index is 0.000000176. The molecule has 31 heavy (non-hydrogen) atoms. The first-order chi connectivity index (χ1) is 14.8. The summed E-state index contributed by atoms with van der Waals surface area (Å²) in [6.45, 7) is 1.64. The van der Waals surface area contributed by atoms with Gasteiger partial charge < -0.3 is 21.3 Å². The third-order valence-corrected chi connectivity index (χ3v) is 5.23. The molecule has 2 saturated heterocycles. The minimum Gasteiger partial charge on any atom is -0.381 e. The lowest BCUT2D eigenvalue weighted by Crippen LogP contribution is -2.44. The van der Waals surface area contributed by atoms with Crippen molar-refractivity contribution in [1.29, 1.82) is 0 Å². The molecule has 168 valence electrons. The fourth-order valence-electron chi connectivity index (χ4n) is 3.40. The van der Waals surface area contributed by atoms with E-state index in [1.807, 2.05) is 0 Å². The summed E-state index contributed by atoms with van der Waals surface area (Å²) >= 11 is 5.72. The van der Waals surface area contributed by atoms with Gasteiger partial charge in [0, 0.05) is 30.3 Å². The second-order valence-electron chi connectivity index (χ2n) is 7.35. The summed E-state index contributed by atoms with van der Waals surface area (Å²) in [7, 11) is 0. The number of nitrogens with two attached hydrogens (primary N) is 1. The average Bonchev–Trinajstić information content (AvgIpc) is 2.72. The number of hydrogen-bond acceptors (Lipinski definition) is 6. The van der Waals surface area contributed by atoms with Crippen LogP contribution in [0.2, 0.25) is 5.02 Å². The van der Waals surface area contributed by atoms with Crippen LogP contribution in [0.5, 0.6) is 0 Å². The lowest BCUT2D eigenvalue weighted by Gasteiger charge is -2.29. The molecule has 1 atom stereocenters. The molecule has 0 saturated carbocycles. The molecule has 2 aliphatic rings. The highest BCUT2D eigenvalue weighted by Gasteiger charge is 2.23. The van der Waals surface area contributed by atoms with E-state index >= 15 is 0 Å². The van der Waals surface area contributed by atoms with Gasteiger partial charge in [0.25, 0.3) is 0 Å². The van der Waals surface area contributed by atoms with E-state index in [9.17, 15) is 18.0 Å². The van der Waals surface area contributed by atoms with E-state index in [-0.39, 0.29) is 23.6 Å². The molecular formula is C20H24ClF3N6O. The first-order valence-corrected chi connectivity index (χ1v) is 10.4. The van der Waals surface area contributed by atoms with Crippen LogP contribution in [0, 0.1) is 11.6 Å². The summed E-state index contributed by atoms with van der Waals surface area (Å²) < 4.78 is 39.4. The number of carbonyl (C=O) groups is 1. The predicted octanol–water partition coefficient (Wildman–Crippen LogP) is 3.31. The summed E-state index contributed by atoms with van der Waals surface area (Å²) in [4.78, 5) is 20.5. The first-order valence-electron chi connectivity index (χ1n) is 9.99. The van der Waals surface area contributed by atoms with E-state index < -0.39 is 17.8 Å². The average molecular weight is 457 g/mol. The van der Waals surface area contributed by atoms with Gasteiger partial charge in [-0.15, -0.1) is 0 Å². The zero-order valence-electron chi connectivity index (χ0n) is 16.8. The Morgan fingerprint density at radius 1 is 1.16 bits per heavy atom. The van der Waals surface area contributed by atoms with Crippen LogP contribution in [0.1, 0.15) is 25.7 Å². The Labute approximate surface area is 183 Å². The van der Waals surface area contributed by atoms with Gasteiger partial charge >= 0.3 is 0 Å². The van der Waals surface area contributed by atoms with Gasteiger partial charge in [-0.05, 0) is 43.9 Å². The number of benzene rings is 1. The normalized spacial score (nSPS) is 19.3.